The van der Waals surface area contributed by atoms with E-state index in [0.29, 0.717) is 48.6 Å². The van der Waals surface area contributed by atoms with Crippen LogP contribution in [0.4, 0.5) is 17.6 Å². The molecule has 0 fully saturated rings. The van der Waals surface area contributed by atoms with E-state index in [1.54, 1.807) is 23.9 Å². The number of amides is 1. The average Bonchev–Trinajstić information content (AvgIpc) is 3.42. The van der Waals surface area contributed by atoms with Crippen molar-refractivity contribution in [3.63, 3.8) is 0 Å². The lowest BCUT2D eigenvalue weighted by Gasteiger charge is -2.29. The fraction of sp³-hybridized carbons (Fsp3) is 0.361. The van der Waals surface area contributed by atoms with E-state index in [4.69, 9.17) is 0 Å². The maximum Gasteiger partial charge on any atom is 0.416 e. The number of hydrogen-bond acceptors (Lipinski definition) is 5. The molecule has 1 amide bonds. The molecule has 2 atom stereocenters. The number of hydrogen-bond donors (Lipinski definition) is 1. The number of alkyl halides is 3. The van der Waals surface area contributed by atoms with Gasteiger partial charge in [-0.3, -0.25) is 9.59 Å². The Labute approximate surface area is 276 Å². The lowest BCUT2D eigenvalue weighted by molar-refractivity contribution is -0.137. The first kappa shape index (κ1) is 34.4. The van der Waals surface area contributed by atoms with Gasteiger partial charge in [0.15, 0.2) is 0 Å². The number of nitrogens with zero attached hydrogens (tertiary/aromatic N) is 3. The maximum absolute atomic E-state index is 14.1. The number of aromatic nitrogens is 2. The number of H-pyrrole nitrogens is 1. The van der Waals surface area contributed by atoms with Crippen molar-refractivity contribution in [2.45, 2.75) is 56.3 Å². The second-order valence-corrected chi connectivity index (χ2v) is 12.9. The molecule has 4 aromatic rings. The molecule has 0 aliphatic heterocycles. The van der Waals surface area contributed by atoms with Gasteiger partial charge in [0.05, 0.1) is 17.6 Å². The van der Waals surface area contributed by atoms with Crippen molar-refractivity contribution in [2.75, 3.05) is 26.2 Å². The number of benzene rings is 3. The third kappa shape index (κ3) is 8.70. The van der Waals surface area contributed by atoms with E-state index in [-0.39, 0.29) is 34.9 Å². The molecule has 1 aromatic heterocycles. The van der Waals surface area contributed by atoms with Crippen molar-refractivity contribution < 1.29 is 22.4 Å². The Morgan fingerprint density at radius 3 is 2.15 bits per heavy atom. The van der Waals surface area contributed by atoms with Gasteiger partial charge in [-0.2, -0.15) is 24.9 Å². The van der Waals surface area contributed by atoms with Crippen LogP contribution in [-0.4, -0.2) is 57.1 Å². The standard InChI is InChI=1S/C36H38F4N4O2S/c1-3-43(4-2)17-18-44(21-24-5-9-26(10-6-24)27-11-13-28(14-12-27)36(38,39)40)33(45)19-30-32(20-31-34(30)35(46)42-23-41-31)47-22-25-7-15-29(37)16-8-25/h5-16,23,30,32H,3-4,17-22H2,1-2H3,(H,41,42,46). The third-order valence-corrected chi connectivity index (χ3v) is 10.2. The van der Waals surface area contributed by atoms with Crippen molar-refractivity contribution in [2.24, 2.45) is 0 Å². The van der Waals surface area contributed by atoms with Crippen molar-refractivity contribution in [3.05, 3.63) is 123 Å². The lowest BCUT2D eigenvalue weighted by atomic mass is 9.98. The van der Waals surface area contributed by atoms with Gasteiger partial charge in [-0.05, 0) is 59.6 Å². The summed E-state index contributed by atoms with van der Waals surface area (Å²) in [6.45, 7) is 7.38. The first-order valence-corrected chi connectivity index (χ1v) is 16.8. The SMILES string of the molecule is CCN(CC)CCN(Cc1ccc(-c2ccc(C(F)(F)F)cc2)cc1)C(=O)CC1c2c(nc[nH]c2=O)CC1SCc1ccc(F)cc1. The molecule has 0 bridgehead atoms. The minimum Gasteiger partial charge on any atom is -0.337 e. The largest absolute Gasteiger partial charge is 0.416 e. The number of fused-ring (bicyclic) bond motifs is 1. The summed E-state index contributed by atoms with van der Waals surface area (Å²) < 4.78 is 52.5. The summed E-state index contributed by atoms with van der Waals surface area (Å²) in [7, 11) is 0. The monoisotopic (exact) mass is 666 g/mol. The molecular weight excluding hydrogens is 628 g/mol. The van der Waals surface area contributed by atoms with Crippen LogP contribution in [0.1, 0.15) is 54.1 Å². The topological polar surface area (TPSA) is 69.3 Å². The van der Waals surface area contributed by atoms with E-state index >= 15 is 0 Å². The van der Waals surface area contributed by atoms with E-state index in [9.17, 15) is 27.2 Å². The smallest absolute Gasteiger partial charge is 0.337 e. The maximum atomic E-state index is 14.1. The molecule has 1 N–H and O–H groups in total. The number of halogens is 4. The zero-order valence-corrected chi connectivity index (χ0v) is 27.2. The highest BCUT2D eigenvalue weighted by molar-refractivity contribution is 7.99. The third-order valence-electron chi connectivity index (χ3n) is 8.76. The number of carbonyl (C=O) groups excluding carboxylic acids is 1. The molecule has 0 radical (unpaired) electrons. The zero-order valence-electron chi connectivity index (χ0n) is 26.4. The normalized spacial score (nSPS) is 16.0. The summed E-state index contributed by atoms with van der Waals surface area (Å²) in [5.41, 5.74) is 3.63. The molecular formula is C36H38F4N4O2S. The molecule has 3 aromatic carbocycles. The Balaban J connectivity index is 1.34. The van der Waals surface area contributed by atoms with Crippen LogP contribution in [0.15, 0.2) is 83.9 Å². The summed E-state index contributed by atoms with van der Waals surface area (Å²) in [5.74, 6) is -0.0977. The quantitative estimate of drug-likeness (QED) is 0.152. The zero-order chi connectivity index (χ0) is 33.6. The van der Waals surface area contributed by atoms with Gasteiger partial charge < -0.3 is 14.8 Å². The van der Waals surface area contributed by atoms with Crippen LogP contribution in [0.25, 0.3) is 11.1 Å². The number of thioether (sulfide) groups is 1. The first-order valence-electron chi connectivity index (χ1n) is 15.7. The summed E-state index contributed by atoms with van der Waals surface area (Å²) in [5, 5.41) is -0.0531. The molecule has 11 heteroatoms. The Morgan fingerprint density at radius 1 is 0.915 bits per heavy atom. The highest BCUT2D eigenvalue weighted by Crippen LogP contribution is 2.41. The molecule has 248 valence electrons. The van der Waals surface area contributed by atoms with E-state index in [2.05, 4.69) is 28.7 Å². The summed E-state index contributed by atoms with van der Waals surface area (Å²) in [4.78, 5) is 38.3. The predicted molar refractivity (Wildman–Crippen MR) is 177 cm³/mol. The number of carbonyl (C=O) groups is 1. The summed E-state index contributed by atoms with van der Waals surface area (Å²) >= 11 is 1.64. The first-order chi connectivity index (χ1) is 22.5. The van der Waals surface area contributed by atoms with E-state index in [0.717, 1.165) is 41.9 Å². The van der Waals surface area contributed by atoms with Gasteiger partial charge >= 0.3 is 6.18 Å². The minimum absolute atomic E-state index is 0.0531. The van der Waals surface area contributed by atoms with Crippen LogP contribution in [-0.2, 0) is 29.7 Å². The van der Waals surface area contributed by atoms with Crippen LogP contribution >= 0.6 is 11.8 Å². The fourth-order valence-corrected chi connectivity index (χ4v) is 7.33. The summed E-state index contributed by atoms with van der Waals surface area (Å²) in [6, 6.07) is 18.9. The Morgan fingerprint density at radius 2 is 1.53 bits per heavy atom. The molecule has 0 saturated heterocycles. The molecule has 0 saturated carbocycles. The minimum atomic E-state index is -4.39. The second-order valence-electron chi connectivity index (χ2n) is 11.7. The summed E-state index contributed by atoms with van der Waals surface area (Å²) in [6.07, 6.45) is -2.29. The van der Waals surface area contributed by atoms with Crippen molar-refractivity contribution >= 4 is 17.7 Å². The molecule has 6 nitrogen and oxygen atoms in total. The number of aromatic amines is 1. The van der Waals surface area contributed by atoms with Gasteiger partial charge in [0.1, 0.15) is 5.82 Å². The van der Waals surface area contributed by atoms with E-state index in [1.165, 1.54) is 30.6 Å². The molecule has 1 heterocycles. The molecule has 1 aliphatic carbocycles. The van der Waals surface area contributed by atoms with E-state index < -0.39 is 11.7 Å². The van der Waals surface area contributed by atoms with Crippen LogP contribution in [0, 0.1) is 5.82 Å². The lowest BCUT2D eigenvalue weighted by Crippen LogP contribution is -2.39. The Bertz CT molecular complexity index is 1690. The van der Waals surface area contributed by atoms with Crippen molar-refractivity contribution in [1.82, 2.24) is 19.8 Å². The van der Waals surface area contributed by atoms with Crippen LogP contribution in [0.5, 0.6) is 0 Å². The second kappa shape index (κ2) is 15.3. The Kier molecular flexibility index (Phi) is 11.2. The fourth-order valence-electron chi connectivity index (χ4n) is 5.99. The van der Waals surface area contributed by atoms with Crippen molar-refractivity contribution in [1.29, 1.82) is 0 Å². The number of nitrogens with one attached hydrogen (secondary N) is 1. The highest BCUT2D eigenvalue weighted by atomic mass is 32.2. The van der Waals surface area contributed by atoms with Crippen LogP contribution in [0.3, 0.4) is 0 Å². The highest BCUT2D eigenvalue weighted by Gasteiger charge is 2.38. The van der Waals surface area contributed by atoms with Crippen LogP contribution in [0.2, 0.25) is 0 Å². The molecule has 47 heavy (non-hydrogen) atoms. The van der Waals surface area contributed by atoms with Crippen LogP contribution < -0.4 is 5.56 Å². The van der Waals surface area contributed by atoms with Gasteiger partial charge in [0, 0.05) is 55.0 Å². The predicted octanol–water partition coefficient (Wildman–Crippen LogP) is 7.30. The number of likely N-dealkylation sites (N-methyl/N-ethyl adjacent to an activating group) is 1. The van der Waals surface area contributed by atoms with Gasteiger partial charge in [0.25, 0.3) is 5.56 Å². The molecule has 0 spiro atoms. The van der Waals surface area contributed by atoms with Gasteiger partial charge in [-0.25, -0.2) is 9.37 Å². The average molecular weight is 667 g/mol. The molecule has 1 aliphatic rings. The van der Waals surface area contributed by atoms with Gasteiger partial charge in [-0.1, -0.05) is 62.4 Å². The van der Waals surface area contributed by atoms with Gasteiger partial charge in [-0.15, -0.1) is 0 Å². The Hall–Kier alpha value is -3.96. The van der Waals surface area contributed by atoms with Crippen molar-refractivity contribution in [3.8, 4) is 11.1 Å². The van der Waals surface area contributed by atoms with Gasteiger partial charge in [0.2, 0.25) is 5.91 Å². The molecule has 2 unspecified atom stereocenters. The number of rotatable bonds is 13. The molecule has 5 rings (SSSR count). The van der Waals surface area contributed by atoms with E-state index in [1.807, 2.05) is 29.2 Å².